The first-order valence-corrected chi connectivity index (χ1v) is 16.7. The van der Waals surface area contributed by atoms with E-state index in [4.69, 9.17) is 10.5 Å². The van der Waals surface area contributed by atoms with E-state index in [1.165, 1.54) is 51.7 Å². The Morgan fingerprint density at radius 2 is 1.86 bits per heavy atom. The number of carbonyl (C=O) groups excluding carboxylic acids is 3. The van der Waals surface area contributed by atoms with Crippen molar-refractivity contribution < 1.29 is 24.3 Å². The maximum absolute atomic E-state index is 14.1. The summed E-state index contributed by atoms with van der Waals surface area (Å²) >= 11 is 5.14. The molecule has 6 rings (SSSR count). The minimum absolute atomic E-state index is 0.0837. The largest absolute Gasteiger partial charge is 0.448 e. The summed E-state index contributed by atoms with van der Waals surface area (Å²) in [6.07, 6.45) is 0.742. The highest BCUT2D eigenvalue weighted by atomic mass is 32.2. The van der Waals surface area contributed by atoms with Crippen molar-refractivity contribution in [3.63, 3.8) is 0 Å². The molecule has 4 aromatic rings. The summed E-state index contributed by atoms with van der Waals surface area (Å²) < 4.78 is 10.9. The van der Waals surface area contributed by atoms with Gasteiger partial charge in [0.25, 0.3) is 11.8 Å². The number of nitrogens with two attached hydrogens (primary N) is 1. The average molecular weight is 666 g/mol. The zero-order valence-electron chi connectivity index (χ0n) is 22.6. The van der Waals surface area contributed by atoms with Gasteiger partial charge in [0.05, 0.1) is 0 Å². The van der Waals surface area contributed by atoms with E-state index in [1.54, 1.807) is 0 Å². The highest BCUT2D eigenvalue weighted by Crippen LogP contribution is 2.43. The van der Waals surface area contributed by atoms with E-state index < -0.39 is 35.3 Å². The Morgan fingerprint density at radius 1 is 1.16 bits per heavy atom. The van der Waals surface area contributed by atoms with Gasteiger partial charge in [-0.05, 0) is 28.2 Å². The lowest BCUT2D eigenvalue weighted by molar-refractivity contribution is -0.154. The fourth-order valence-corrected chi connectivity index (χ4v) is 8.20. The molecule has 1 saturated heterocycles. The van der Waals surface area contributed by atoms with Crippen molar-refractivity contribution in [1.82, 2.24) is 24.6 Å². The van der Waals surface area contributed by atoms with E-state index in [-0.39, 0.29) is 22.2 Å². The van der Waals surface area contributed by atoms with E-state index in [9.17, 15) is 19.6 Å². The summed E-state index contributed by atoms with van der Waals surface area (Å²) in [6, 6.07) is 17.8. The monoisotopic (exact) mass is 665 g/mol. The summed E-state index contributed by atoms with van der Waals surface area (Å²) in [5.41, 5.74) is 7.76. The number of nitrogens with one attached hydrogen (secondary N) is 1. The molecule has 2 aliphatic heterocycles. The van der Waals surface area contributed by atoms with Crippen LogP contribution in [0.15, 0.2) is 93.1 Å². The van der Waals surface area contributed by atoms with Crippen LogP contribution in [0, 0.1) is 0 Å². The molecule has 4 N–H and O–H groups in total. The molecule has 2 atom stereocenters. The number of β-lactam (4-membered cyclic amide) rings is 1. The van der Waals surface area contributed by atoms with Crippen LogP contribution in [-0.2, 0) is 19.1 Å². The van der Waals surface area contributed by atoms with Gasteiger partial charge in [-0.25, -0.2) is 14.8 Å². The maximum Gasteiger partial charge on any atom is 0.356 e. The Bertz CT molecular complexity index is 1690. The Hall–Kier alpha value is -4.25. The minimum atomic E-state index is -0.973. The molecule has 0 spiro atoms. The van der Waals surface area contributed by atoms with E-state index in [0.717, 1.165) is 26.8 Å². The Balaban J connectivity index is 1.28. The van der Waals surface area contributed by atoms with Crippen molar-refractivity contribution >= 4 is 75.0 Å². The molecule has 16 heteroatoms. The maximum atomic E-state index is 14.1. The molecule has 0 aliphatic carbocycles. The van der Waals surface area contributed by atoms with Gasteiger partial charge in [-0.2, -0.15) is 4.37 Å². The Labute approximate surface area is 267 Å². The highest BCUT2D eigenvalue weighted by molar-refractivity contribution is 8.01. The standard InChI is InChI=1S/C28H23N7O5S4/c29-27-32-18(13-42-27)19(34-39)23(36)33-20-24(37)35-21(17(11-41-25(20)35)12-43-28-30-14-31-44-28)26(38)40-22(15-7-3-1-4-8-15)16-9-5-2-6-10-16/h1-10,13-14,20,22,25,39H,11-12H2,(H2,29,32)(H,33,36)/t20?,25-/m1/s1. The number of carbonyl (C=O) groups is 3. The van der Waals surface area contributed by atoms with Gasteiger partial charge in [0.1, 0.15) is 29.1 Å². The fraction of sp³-hybridized carbons (Fsp3) is 0.179. The van der Waals surface area contributed by atoms with Crippen molar-refractivity contribution in [1.29, 1.82) is 0 Å². The van der Waals surface area contributed by atoms with Gasteiger partial charge in [-0.1, -0.05) is 77.6 Å². The van der Waals surface area contributed by atoms with Crippen molar-refractivity contribution in [3.05, 3.63) is 100 Å². The number of oxime groups is 1. The number of hydrogen-bond acceptors (Lipinski definition) is 14. The predicted octanol–water partition coefficient (Wildman–Crippen LogP) is 3.53. The Morgan fingerprint density at radius 3 is 2.45 bits per heavy atom. The summed E-state index contributed by atoms with van der Waals surface area (Å²) in [7, 11) is 0. The number of aromatic nitrogens is 3. The third-order valence-electron chi connectivity index (χ3n) is 6.75. The number of esters is 1. The molecule has 44 heavy (non-hydrogen) atoms. The fourth-order valence-electron chi connectivity index (χ4n) is 4.72. The molecule has 12 nitrogen and oxygen atoms in total. The molecule has 2 aromatic heterocycles. The van der Waals surface area contributed by atoms with E-state index in [2.05, 4.69) is 24.8 Å². The van der Waals surface area contributed by atoms with Crippen LogP contribution in [-0.4, -0.2) is 70.9 Å². The number of ether oxygens (including phenoxy) is 1. The number of fused-ring (bicyclic) bond motifs is 1. The quantitative estimate of drug-likeness (QED) is 0.0565. The topological polar surface area (TPSA) is 173 Å². The molecule has 0 saturated carbocycles. The molecule has 2 aliphatic rings. The molecule has 0 radical (unpaired) electrons. The first kappa shape index (κ1) is 29.8. The second-order valence-corrected chi connectivity index (χ2v) is 13.4. The zero-order chi connectivity index (χ0) is 30.6. The molecular formula is C28H23N7O5S4. The molecule has 1 unspecified atom stereocenters. The number of anilines is 1. The number of hydrogen-bond donors (Lipinski definition) is 3. The van der Waals surface area contributed by atoms with Crippen LogP contribution in [0.4, 0.5) is 5.13 Å². The van der Waals surface area contributed by atoms with Gasteiger partial charge < -0.3 is 21.0 Å². The number of nitrogens with zero attached hydrogens (tertiary/aromatic N) is 5. The molecule has 224 valence electrons. The molecule has 0 bridgehead atoms. The first-order chi connectivity index (χ1) is 21.4. The number of amides is 2. The lowest BCUT2D eigenvalue weighted by Crippen LogP contribution is -2.71. The predicted molar refractivity (Wildman–Crippen MR) is 168 cm³/mol. The number of thiazole rings is 1. The van der Waals surface area contributed by atoms with Crippen molar-refractivity contribution in [3.8, 4) is 0 Å². The molecule has 2 aromatic carbocycles. The number of benzene rings is 2. The summed E-state index contributed by atoms with van der Waals surface area (Å²) in [5, 5.41) is 16.3. The van der Waals surface area contributed by atoms with Crippen LogP contribution < -0.4 is 11.1 Å². The van der Waals surface area contributed by atoms with E-state index in [0.29, 0.717) is 17.1 Å². The van der Waals surface area contributed by atoms with Crippen LogP contribution >= 0.6 is 46.4 Å². The smallest absolute Gasteiger partial charge is 0.356 e. The number of nitrogen functional groups attached to an aromatic ring is 1. The SMILES string of the molecule is Nc1nc(C(=NO)C(=O)NC2C(=O)N3C(C(=O)OC(c4ccccc4)c4ccccc4)=C(CSc4ncns4)CS[C@H]23)cs1. The van der Waals surface area contributed by atoms with Crippen LogP contribution in [0.1, 0.15) is 22.9 Å². The van der Waals surface area contributed by atoms with Gasteiger partial charge in [-0.3, -0.25) is 14.5 Å². The van der Waals surface area contributed by atoms with Crippen molar-refractivity contribution in [2.24, 2.45) is 5.16 Å². The molecule has 1 fully saturated rings. The normalized spacial score (nSPS) is 18.2. The van der Waals surface area contributed by atoms with Gasteiger partial charge in [0, 0.05) is 16.9 Å². The van der Waals surface area contributed by atoms with Gasteiger partial charge >= 0.3 is 5.97 Å². The second-order valence-electron chi connectivity index (χ2n) is 9.44. The lowest BCUT2D eigenvalue weighted by Gasteiger charge is -2.49. The minimum Gasteiger partial charge on any atom is -0.448 e. The third-order valence-corrected chi connectivity index (χ3v) is 10.6. The molecule has 2 amide bonds. The first-order valence-electron chi connectivity index (χ1n) is 13.1. The summed E-state index contributed by atoms with van der Waals surface area (Å²) in [6.45, 7) is 0. The van der Waals surface area contributed by atoms with Gasteiger partial charge in [-0.15, -0.1) is 23.1 Å². The van der Waals surface area contributed by atoms with Crippen LogP contribution in [0.5, 0.6) is 0 Å². The van der Waals surface area contributed by atoms with Crippen molar-refractivity contribution in [2.45, 2.75) is 21.9 Å². The lowest BCUT2D eigenvalue weighted by atomic mass is 10.0. The third kappa shape index (κ3) is 6.06. The highest BCUT2D eigenvalue weighted by Gasteiger charge is 2.55. The Kier molecular flexibility index (Phi) is 8.92. The number of rotatable bonds is 10. The average Bonchev–Trinajstić information content (AvgIpc) is 3.74. The van der Waals surface area contributed by atoms with Crippen molar-refractivity contribution in [2.75, 3.05) is 17.2 Å². The van der Waals surface area contributed by atoms with Gasteiger partial charge in [0.15, 0.2) is 21.3 Å². The van der Waals surface area contributed by atoms with E-state index in [1.807, 2.05) is 60.7 Å². The second kappa shape index (κ2) is 13.2. The van der Waals surface area contributed by atoms with Crippen LogP contribution in [0.25, 0.3) is 0 Å². The zero-order valence-corrected chi connectivity index (χ0v) is 25.9. The summed E-state index contributed by atoms with van der Waals surface area (Å²) in [4.78, 5) is 50.2. The summed E-state index contributed by atoms with van der Waals surface area (Å²) in [5.74, 6) is -1.16. The van der Waals surface area contributed by atoms with Crippen LogP contribution in [0.3, 0.4) is 0 Å². The number of thioether (sulfide) groups is 2. The van der Waals surface area contributed by atoms with E-state index >= 15 is 0 Å². The van der Waals surface area contributed by atoms with Crippen LogP contribution in [0.2, 0.25) is 0 Å². The molecule has 4 heterocycles. The van der Waals surface area contributed by atoms with Gasteiger partial charge in [0.2, 0.25) is 0 Å². The molecular weight excluding hydrogens is 643 g/mol.